The summed E-state index contributed by atoms with van der Waals surface area (Å²) in [6, 6.07) is 1.51. The molecular formula is C12H15N3O4. The summed E-state index contributed by atoms with van der Waals surface area (Å²) in [5.41, 5.74) is -0.812. The fourth-order valence-electron chi connectivity index (χ4n) is 2.05. The average molecular weight is 265 g/mol. The molecule has 1 N–H and O–H groups in total. The van der Waals surface area contributed by atoms with Crippen molar-refractivity contribution in [2.45, 2.75) is 25.8 Å². The Kier molecular flexibility index (Phi) is 3.37. The van der Waals surface area contributed by atoms with Crippen LogP contribution in [0, 0.1) is 16.0 Å². The van der Waals surface area contributed by atoms with Gasteiger partial charge < -0.3 is 10.0 Å². The maximum atomic E-state index is 11.1. The summed E-state index contributed by atoms with van der Waals surface area (Å²) in [4.78, 5) is 26.9. The third-order valence-corrected chi connectivity index (χ3v) is 3.57. The van der Waals surface area contributed by atoms with E-state index in [1.54, 1.807) is 0 Å². The highest BCUT2D eigenvalue weighted by Gasteiger charge is 2.32. The fraction of sp³-hybridized carbons (Fsp3) is 0.500. The lowest BCUT2D eigenvalue weighted by Crippen LogP contribution is -2.31. The summed E-state index contributed by atoms with van der Waals surface area (Å²) in [6.07, 6.45) is 3.32. The lowest BCUT2D eigenvalue weighted by molar-refractivity contribution is -0.385. The molecule has 0 radical (unpaired) electrons. The van der Waals surface area contributed by atoms with E-state index in [2.05, 4.69) is 4.98 Å². The lowest BCUT2D eigenvalue weighted by atomic mass is 10.1. The van der Waals surface area contributed by atoms with E-state index in [0.717, 1.165) is 19.0 Å². The minimum atomic E-state index is -1.32. The van der Waals surface area contributed by atoms with E-state index in [1.165, 1.54) is 6.07 Å². The summed E-state index contributed by atoms with van der Waals surface area (Å²) in [5, 5.41) is 19.8. The number of hydrogen-bond donors (Lipinski definition) is 1. The Morgan fingerprint density at radius 1 is 1.63 bits per heavy atom. The predicted molar refractivity (Wildman–Crippen MR) is 68.4 cm³/mol. The van der Waals surface area contributed by atoms with Gasteiger partial charge in [-0.1, -0.05) is 0 Å². The van der Waals surface area contributed by atoms with Crippen molar-refractivity contribution in [1.29, 1.82) is 0 Å². The van der Waals surface area contributed by atoms with Crippen molar-refractivity contribution in [2.75, 3.05) is 11.9 Å². The molecular weight excluding hydrogens is 250 g/mol. The minimum Gasteiger partial charge on any atom is -0.477 e. The molecule has 1 fully saturated rings. The van der Waals surface area contributed by atoms with Crippen LogP contribution in [0.2, 0.25) is 0 Å². The number of pyridine rings is 1. The van der Waals surface area contributed by atoms with Crippen LogP contribution >= 0.6 is 0 Å². The van der Waals surface area contributed by atoms with E-state index < -0.39 is 16.6 Å². The van der Waals surface area contributed by atoms with Gasteiger partial charge in [0.15, 0.2) is 0 Å². The second kappa shape index (κ2) is 4.83. The molecule has 2 rings (SSSR count). The number of rotatable bonds is 5. The van der Waals surface area contributed by atoms with Crippen LogP contribution in [0.25, 0.3) is 0 Å². The zero-order valence-corrected chi connectivity index (χ0v) is 10.7. The summed E-state index contributed by atoms with van der Waals surface area (Å²) in [6.45, 7) is 2.04. The molecule has 0 aliphatic heterocycles. The zero-order valence-electron chi connectivity index (χ0n) is 10.7. The third kappa shape index (κ3) is 2.64. The topological polar surface area (TPSA) is 96.6 Å². The van der Waals surface area contributed by atoms with E-state index in [9.17, 15) is 14.9 Å². The highest BCUT2D eigenvalue weighted by molar-refractivity contribution is 5.93. The monoisotopic (exact) mass is 265 g/mol. The SMILES string of the molecule is CC(C1CC1)N(C)c1cc(C(=O)O)c([N+](=O)[O-])cn1. The van der Waals surface area contributed by atoms with Crippen LogP contribution in [-0.4, -0.2) is 34.1 Å². The van der Waals surface area contributed by atoms with Crippen molar-refractivity contribution < 1.29 is 14.8 Å². The van der Waals surface area contributed by atoms with Crippen LogP contribution in [0.1, 0.15) is 30.1 Å². The van der Waals surface area contributed by atoms with E-state index in [1.807, 2.05) is 18.9 Å². The number of hydrogen-bond acceptors (Lipinski definition) is 5. The van der Waals surface area contributed by atoms with Gasteiger partial charge in [-0.05, 0) is 25.7 Å². The second-order valence-corrected chi connectivity index (χ2v) is 4.81. The molecule has 7 nitrogen and oxygen atoms in total. The number of aromatic carboxylic acids is 1. The fourth-order valence-corrected chi connectivity index (χ4v) is 2.05. The largest absolute Gasteiger partial charge is 0.477 e. The first-order chi connectivity index (χ1) is 8.91. The number of carboxylic acids is 1. The van der Waals surface area contributed by atoms with Crippen LogP contribution in [0.3, 0.4) is 0 Å². The Morgan fingerprint density at radius 3 is 2.74 bits per heavy atom. The molecule has 19 heavy (non-hydrogen) atoms. The Labute approximate surface area is 110 Å². The van der Waals surface area contributed by atoms with Gasteiger partial charge in [0.2, 0.25) is 0 Å². The van der Waals surface area contributed by atoms with Gasteiger partial charge in [-0.3, -0.25) is 10.1 Å². The van der Waals surface area contributed by atoms with Gasteiger partial charge in [0, 0.05) is 19.2 Å². The van der Waals surface area contributed by atoms with Gasteiger partial charge in [0.1, 0.15) is 17.6 Å². The standard InChI is InChI=1S/C12H15N3O4/c1-7(8-3-4-8)14(2)11-5-9(12(16)17)10(6-13-11)15(18)19/h5-8H,3-4H2,1-2H3,(H,16,17). The van der Waals surface area contributed by atoms with Gasteiger partial charge in [-0.25, -0.2) is 9.78 Å². The van der Waals surface area contributed by atoms with E-state index in [0.29, 0.717) is 11.7 Å². The Hall–Kier alpha value is -2.18. The third-order valence-electron chi connectivity index (χ3n) is 3.57. The van der Waals surface area contributed by atoms with Crippen LogP contribution in [-0.2, 0) is 0 Å². The number of anilines is 1. The molecule has 0 bridgehead atoms. The number of carbonyl (C=O) groups is 1. The summed E-state index contributed by atoms with van der Waals surface area (Å²) >= 11 is 0. The van der Waals surface area contributed by atoms with Crippen molar-refractivity contribution >= 4 is 17.5 Å². The van der Waals surface area contributed by atoms with Crippen molar-refractivity contribution in [2.24, 2.45) is 5.92 Å². The van der Waals surface area contributed by atoms with Crippen LogP contribution in [0.15, 0.2) is 12.3 Å². The molecule has 1 unspecified atom stereocenters. The molecule has 1 aromatic heterocycles. The second-order valence-electron chi connectivity index (χ2n) is 4.81. The molecule has 1 saturated carbocycles. The molecule has 1 aliphatic carbocycles. The molecule has 1 atom stereocenters. The van der Waals surface area contributed by atoms with Crippen molar-refractivity contribution in [3.63, 3.8) is 0 Å². The van der Waals surface area contributed by atoms with Crippen molar-refractivity contribution in [3.05, 3.63) is 27.9 Å². The normalized spacial score (nSPS) is 15.9. The lowest BCUT2D eigenvalue weighted by Gasteiger charge is -2.25. The summed E-state index contributed by atoms with van der Waals surface area (Å²) in [7, 11) is 1.82. The van der Waals surface area contributed by atoms with Gasteiger partial charge >= 0.3 is 11.7 Å². The Morgan fingerprint density at radius 2 is 2.26 bits per heavy atom. The quantitative estimate of drug-likeness (QED) is 0.645. The number of carboxylic acid groups (broad SMARTS) is 1. The molecule has 102 valence electrons. The molecule has 0 saturated heterocycles. The molecule has 1 heterocycles. The zero-order chi connectivity index (χ0) is 14.2. The van der Waals surface area contributed by atoms with E-state index >= 15 is 0 Å². The highest BCUT2D eigenvalue weighted by atomic mass is 16.6. The number of aromatic nitrogens is 1. The minimum absolute atomic E-state index is 0.246. The van der Waals surface area contributed by atoms with E-state index in [4.69, 9.17) is 5.11 Å². The van der Waals surface area contributed by atoms with Gasteiger partial charge in [0.05, 0.1) is 4.92 Å². The maximum absolute atomic E-state index is 11.1. The van der Waals surface area contributed by atoms with E-state index in [-0.39, 0.29) is 11.6 Å². The average Bonchev–Trinajstić information content (AvgIpc) is 3.20. The van der Waals surface area contributed by atoms with Crippen molar-refractivity contribution in [1.82, 2.24) is 4.98 Å². The van der Waals surface area contributed by atoms with Gasteiger partial charge in [-0.2, -0.15) is 0 Å². The molecule has 1 aliphatic rings. The first kappa shape index (κ1) is 13.3. The Balaban J connectivity index is 2.34. The van der Waals surface area contributed by atoms with Crippen LogP contribution < -0.4 is 4.90 Å². The molecule has 0 amide bonds. The summed E-state index contributed by atoms with van der Waals surface area (Å²) in [5.74, 6) is -0.277. The first-order valence-corrected chi connectivity index (χ1v) is 6.02. The number of nitrogens with zero attached hydrogens (tertiary/aromatic N) is 3. The highest BCUT2D eigenvalue weighted by Crippen LogP contribution is 2.36. The Bertz CT molecular complexity index is 528. The van der Waals surface area contributed by atoms with Gasteiger partial charge in [-0.15, -0.1) is 0 Å². The maximum Gasteiger partial charge on any atom is 0.342 e. The molecule has 7 heteroatoms. The van der Waals surface area contributed by atoms with Crippen molar-refractivity contribution in [3.8, 4) is 0 Å². The smallest absolute Gasteiger partial charge is 0.342 e. The van der Waals surface area contributed by atoms with Crippen LogP contribution in [0.5, 0.6) is 0 Å². The number of nitro groups is 1. The van der Waals surface area contributed by atoms with Gasteiger partial charge in [0.25, 0.3) is 0 Å². The molecule has 0 spiro atoms. The molecule has 0 aromatic carbocycles. The van der Waals surface area contributed by atoms with Crippen LogP contribution in [0.4, 0.5) is 11.5 Å². The predicted octanol–water partition coefficient (Wildman–Crippen LogP) is 1.92. The first-order valence-electron chi connectivity index (χ1n) is 6.02. The molecule has 1 aromatic rings. The summed E-state index contributed by atoms with van der Waals surface area (Å²) < 4.78 is 0.